The first kappa shape index (κ1) is 10.0. The molecule has 1 aliphatic rings. The fourth-order valence-corrected chi connectivity index (χ4v) is 2.00. The van der Waals surface area contributed by atoms with E-state index in [-0.39, 0.29) is 5.91 Å². The number of likely N-dealkylation sites (N-methyl/N-ethyl adjacent to an activating group) is 2. The Balaban J connectivity index is 2.62. The Labute approximate surface area is 90.3 Å². The molecule has 1 heterocycles. The quantitative estimate of drug-likeness (QED) is 0.644. The van der Waals surface area contributed by atoms with Crippen molar-refractivity contribution >= 4 is 17.3 Å². The van der Waals surface area contributed by atoms with Crippen molar-refractivity contribution in [2.45, 2.75) is 19.4 Å². The van der Waals surface area contributed by atoms with E-state index in [1.165, 1.54) is 0 Å². The maximum absolute atomic E-state index is 12.1. The van der Waals surface area contributed by atoms with Gasteiger partial charge in [-0.25, -0.2) is 0 Å². The molecule has 0 spiro atoms. The van der Waals surface area contributed by atoms with Crippen LogP contribution in [-0.4, -0.2) is 25.5 Å². The maximum Gasteiger partial charge on any atom is 0.252 e. The van der Waals surface area contributed by atoms with Crippen molar-refractivity contribution in [3.8, 4) is 0 Å². The van der Waals surface area contributed by atoms with Crippen LogP contribution in [0.3, 0.4) is 0 Å². The summed E-state index contributed by atoms with van der Waals surface area (Å²) in [5.74, 6) is 0.128. The molecule has 3 heteroatoms. The minimum Gasteiger partial charge on any atom is -0.359 e. The average Bonchev–Trinajstić information content (AvgIpc) is 2.24. The summed E-state index contributed by atoms with van der Waals surface area (Å²) in [6.07, 6.45) is 0. The van der Waals surface area contributed by atoms with Crippen LogP contribution in [0.4, 0.5) is 11.4 Å². The van der Waals surface area contributed by atoms with Crippen LogP contribution in [-0.2, 0) is 4.79 Å². The second kappa shape index (κ2) is 2.99. The van der Waals surface area contributed by atoms with Gasteiger partial charge < -0.3 is 9.80 Å². The molecule has 0 saturated carbocycles. The van der Waals surface area contributed by atoms with Gasteiger partial charge in [0.15, 0.2) is 0 Å². The lowest BCUT2D eigenvalue weighted by molar-refractivity contribution is -0.122. The van der Waals surface area contributed by atoms with Gasteiger partial charge in [-0.1, -0.05) is 12.1 Å². The first-order valence-electron chi connectivity index (χ1n) is 5.07. The van der Waals surface area contributed by atoms with Gasteiger partial charge in [-0.3, -0.25) is 4.79 Å². The molecular formula is C12H16N2O. The SMILES string of the molecule is CN1C(=O)C(C)(C)N(C)c2ccccc21. The molecule has 3 nitrogen and oxygen atoms in total. The molecule has 0 bridgehead atoms. The zero-order valence-electron chi connectivity index (χ0n) is 9.61. The third kappa shape index (κ3) is 1.23. The third-order valence-electron chi connectivity index (χ3n) is 3.27. The highest BCUT2D eigenvalue weighted by molar-refractivity contribution is 6.07. The molecule has 0 saturated heterocycles. The van der Waals surface area contributed by atoms with E-state index in [2.05, 4.69) is 0 Å². The van der Waals surface area contributed by atoms with E-state index in [0.29, 0.717) is 0 Å². The summed E-state index contributed by atoms with van der Waals surface area (Å²) in [4.78, 5) is 15.9. The number of amides is 1. The number of fused-ring (bicyclic) bond motifs is 1. The zero-order valence-corrected chi connectivity index (χ0v) is 9.61. The lowest BCUT2D eigenvalue weighted by Gasteiger charge is -2.44. The molecule has 0 N–H and O–H groups in total. The number of hydrogen-bond acceptors (Lipinski definition) is 2. The number of nitrogens with zero attached hydrogens (tertiary/aromatic N) is 2. The lowest BCUT2D eigenvalue weighted by Crippen LogP contribution is -2.57. The number of rotatable bonds is 0. The molecule has 0 aromatic heterocycles. The van der Waals surface area contributed by atoms with Gasteiger partial charge in [0.2, 0.25) is 0 Å². The number of hydrogen-bond donors (Lipinski definition) is 0. The van der Waals surface area contributed by atoms with Gasteiger partial charge in [-0.15, -0.1) is 0 Å². The third-order valence-corrected chi connectivity index (χ3v) is 3.27. The van der Waals surface area contributed by atoms with Crippen molar-refractivity contribution in [1.82, 2.24) is 0 Å². The molecule has 0 unspecified atom stereocenters. The Morgan fingerprint density at radius 3 is 2.20 bits per heavy atom. The summed E-state index contributed by atoms with van der Waals surface area (Å²) in [5, 5.41) is 0. The Morgan fingerprint density at radius 2 is 1.60 bits per heavy atom. The molecule has 0 aliphatic carbocycles. The van der Waals surface area contributed by atoms with Gasteiger partial charge in [0, 0.05) is 14.1 Å². The maximum atomic E-state index is 12.1. The first-order chi connectivity index (χ1) is 6.96. The second-order valence-corrected chi connectivity index (χ2v) is 4.47. The number of carbonyl (C=O) groups is 1. The standard InChI is InChI=1S/C12H16N2O/c1-12(2)11(15)13(3)9-7-5-6-8-10(9)14(12)4/h5-8H,1-4H3. The number of benzene rings is 1. The van der Waals surface area contributed by atoms with E-state index >= 15 is 0 Å². The van der Waals surface area contributed by atoms with Crippen LogP contribution in [0.25, 0.3) is 0 Å². The van der Waals surface area contributed by atoms with Crippen LogP contribution < -0.4 is 9.80 Å². The molecule has 1 aliphatic heterocycles. The van der Waals surface area contributed by atoms with Crippen molar-refractivity contribution in [3.05, 3.63) is 24.3 Å². The number of para-hydroxylation sites is 2. The fraction of sp³-hybridized carbons (Fsp3) is 0.417. The lowest BCUT2D eigenvalue weighted by atomic mass is 9.96. The largest absolute Gasteiger partial charge is 0.359 e. The second-order valence-electron chi connectivity index (χ2n) is 4.47. The van der Waals surface area contributed by atoms with Gasteiger partial charge in [0.25, 0.3) is 5.91 Å². The molecule has 15 heavy (non-hydrogen) atoms. The highest BCUT2D eigenvalue weighted by Crippen LogP contribution is 2.37. The Morgan fingerprint density at radius 1 is 1.07 bits per heavy atom. The zero-order chi connectivity index (χ0) is 11.2. The fourth-order valence-electron chi connectivity index (χ4n) is 2.00. The predicted molar refractivity (Wildman–Crippen MR) is 62.3 cm³/mol. The van der Waals surface area contributed by atoms with Crippen LogP contribution in [0.2, 0.25) is 0 Å². The van der Waals surface area contributed by atoms with Crippen LogP contribution in [0, 0.1) is 0 Å². The van der Waals surface area contributed by atoms with E-state index in [4.69, 9.17) is 0 Å². The monoisotopic (exact) mass is 204 g/mol. The highest BCUT2D eigenvalue weighted by atomic mass is 16.2. The molecule has 0 atom stereocenters. The van der Waals surface area contributed by atoms with Gasteiger partial charge in [-0.05, 0) is 26.0 Å². The molecule has 0 fully saturated rings. The van der Waals surface area contributed by atoms with Crippen LogP contribution in [0.5, 0.6) is 0 Å². The predicted octanol–water partition coefficient (Wildman–Crippen LogP) is 1.88. The summed E-state index contributed by atoms with van der Waals surface area (Å²) in [5.41, 5.74) is 1.61. The number of carbonyl (C=O) groups excluding carboxylic acids is 1. The van der Waals surface area contributed by atoms with E-state index < -0.39 is 5.54 Å². The minimum absolute atomic E-state index is 0.128. The molecule has 2 rings (SSSR count). The van der Waals surface area contributed by atoms with Gasteiger partial charge >= 0.3 is 0 Å². The van der Waals surface area contributed by atoms with Crippen molar-refractivity contribution < 1.29 is 4.79 Å². The Hall–Kier alpha value is -1.51. The summed E-state index contributed by atoms with van der Waals surface area (Å²) >= 11 is 0. The van der Waals surface area contributed by atoms with Crippen molar-refractivity contribution in [1.29, 1.82) is 0 Å². The van der Waals surface area contributed by atoms with Crippen molar-refractivity contribution in [2.24, 2.45) is 0 Å². The van der Waals surface area contributed by atoms with Crippen LogP contribution in [0.15, 0.2) is 24.3 Å². The highest BCUT2D eigenvalue weighted by Gasteiger charge is 2.40. The van der Waals surface area contributed by atoms with Crippen molar-refractivity contribution in [2.75, 3.05) is 23.9 Å². The molecule has 0 radical (unpaired) electrons. The molecule has 1 aromatic rings. The Kier molecular flexibility index (Phi) is 2.00. The van der Waals surface area contributed by atoms with Crippen LogP contribution >= 0.6 is 0 Å². The molecule has 80 valence electrons. The van der Waals surface area contributed by atoms with E-state index in [0.717, 1.165) is 11.4 Å². The Bertz CT molecular complexity index is 412. The van der Waals surface area contributed by atoms with Gasteiger partial charge in [0.1, 0.15) is 5.54 Å². The molecule has 1 amide bonds. The van der Waals surface area contributed by atoms with E-state index in [1.54, 1.807) is 4.90 Å². The van der Waals surface area contributed by atoms with E-state index in [1.807, 2.05) is 57.1 Å². The first-order valence-corrected chi connectivity index (χ1v) is 5.07. The minimum atomic E-state index is -0.469. The van der Waals surface area contributed by atoms with Gasteiger partial charge in [0.05, 0.1) is 11.4 Å². The smallest absolute Gasteiger partial charge is 0.252 e. The summed E-state index contributed by atoms with van der Waals surface area (Å²) in [7, 11) is 3.79. The van der Waals surface area contributed by atoms with Crippen molar-refractivity contribution in [3.63, 3.8) is 0 Å². The van der Waals surface area contributed by atoms with Gasteiger partial charge in [-0.2, -0.15) is 0 Å². The molecule has 1 aromatic carbocycles. The average molecular weight is 204 g/mol. The molecular weight excluding hydrogens is 188 g/mol. The summed E-state index contributed by atoms with van der Waals surface area (Å²) in [6, 6.07) is 7.96. The summed E-state index contributed by atoms with van der Waals surface area (Å²) in [6.45, 7) is 3.89. The summed E-state index contributed by atoms with van der Waals surface area (Å²) < 4.78 is 0. The normalized spacial score (nSPS) is 19.1. The van der Waals surface area contributed by atoms with E-state index in [9.17, 15) is 4.79 Å². The topological polar surface area (TPSA) is 23.6 Å². The number of anilines is 2. The van der Waals surface area contributed by atoms with Crippen LogP contribution in [0.1, 0.15) is 13.8 Å².